The number of benzene rings is 1. The van der Waals surface area contributed by atoms with Gasteiger partial charge < -0.3 is 14.9 Å². The molecule has 0 saturated carbocycles. The molecule has 0 spiro atoms. The van der Waals surface area contributed by atoms with Crippen molar-refractivity contribution in [2.75, 3.05) is 26.0 Å². The fraction of sp³-hybridized carbons (Fsp3) is 0.353. The first-order valence-corrected chi connectivity index (χ1v) is 7.52. The third-order valence-electron chi connectivity index (χ3n) is 3.54. The van der Waals surface area contributed by atoms with Crippen LogP contribution in [-0.4, -0.2) is 47.0 Å². The number of amides is 1. The number of rotatable bonds is 6. The van der Waals surface area contributed by atoms with Gasteiger partial charge in [0.25, 0.3) is 0 Å². The van der Waals surface area contributed by atoms with E-state index in [0.29, 0.717) is 18.1 Å². The molecule has 1 aromatic heterocycles. The summed E-state index contributed by atoms with van der Waals surface area (Å²) in [7, 11) is 5.33. The standard InChI is InChI=1S/C17H21FN4O2/c1-21(2)17-19-9-12(10-20-17)11-22(3)16(24)8-15(23)13-5-4-6-14(18)7-13/h4-7,9-10,15,23H,8,11H2,1-3H3. The van der Waals surface area contributed by atoms with E-state index in [0.717, 1.165) is 5.56 Å². The summed E-state index contributed by atoms with van der Waals surface area (Å²) in [5, 5.41) is 10.1. The lowest BCUT2D eigenvalue weighted by Crippen LogP contribution is -2.27. The summed E-state index contributed by atoms with van der Waals surface area (Å²) in [6.07, 6.45) is 2.17. The third-order valence-corrected chi connectivity index (χ3v) is 3.54. The summed E-state index contributed by atoms with van der Waals surface area (Å²) in [5.74, 6) is -0.0943. The molecule has 0 bridgehead atoms. The number of nitrogens with zero attached hydrogens (tertiary/aromatic N) is 4. The summed E-state index contributed by atoms with van der Waals surface area (Å²) < 4.78 is 13.2. The average molecular weight is 332 g/mol. The summed E-state index contributed by atoms with van der Waals surface area (Å²) in [6, 6.07) is 5.62. The van der Waals surface area contributed by atoms with Crippen molar-refractivity contribution in [1.82, 2.24) is 14.9 Å². The largest absolute Gasteiger partial charge is 0.388 e. The number of hydrogen-bond donors (Lipinski definition) is 1. The zero-order chi connectivity index (χ0) is 17.7. The lowest BCUT2D eigenvalue weighted by Gasteiger charge is -2.19. The summed E-state index contributed by atoms with van der Waals surface area (Å²) >= 11 is 0. The molecule has 0 fully saturated rings. The van der Waals surface area contributed by atoms with Gasteiger partial charge in [-0.3, -0.25) is 4.79 Å². The van der Waals surface area contributed by atoms with Crippen molar-refractivity contribution in [1.29, 1.82) is 0 Å². The van der Waals surface area contributed by atoms with E-state index in [1.807, 2.05) is 14.1 Å². The molecule has 7 heteroatoms. The Bertz CT molecular complexity index is 691. The number of anilines is 1. The minimum absolute atomic E-state index is 0.114. The van der Waals surface area contributed by atoms with Gasteiger partial charge in [-0.05, 0) is 17.7 Å². The normalized spacial score (nSPS) is 11.9. The van der Waals surface area contributed by atoms with Crippen molar-refractivity contribution >= 4 is 11.9 Å². The van der Waals surface area contributed by atoms with E-state index in [9.17, 15) is 14.3 Å². The van der Waals surface area contributed by atoms with Crippen LogP contribution in [0.5, 0.6) is 0 Å². The fourth-order valence-corrected chi connectivity index (χ4v) is 2.18. The topological polar surface area (TPSA) is 69.6 Å². The number of aliphatic hydroxyl groups is 1. The molecular weight excluding hydrogens is 311 g/mol. The van der Waals surface area contributed by atoms with E-state index in [2.05, 4.69) is 9.97 Å². The van der Waals surface area contributed by atoms with Crippen molar-refractivity contribution in [2.24, 2.45) is 0 Å². The van der Waals surface area contributed by atoms with Gasteiger partial charge in [0.15, 0.2) is 0 Å². The Labute approximate surface area is 140 Å². The first kappa shape index (κ1) is 17.8. The first-order chi connectivity index (χ1) is 11.4. The second-order valence-corrected chi connectivity index (χ2v) is 5.81. The van der Waals surface area contributed by atoms with E-state index in [-0.39, 0.29) is 12.3 Å². The van der Waals surface area contributed by atoms with Crippen molar-refractivity contribution in [3.05, 3.63) is 53.6 Å². The Morgan fingerprint density at radius 1 is 1.25 bits per heavy atom. The minimum Gasteiger partial charge on any atom is -0.388 e. The second-order valence-electron chi connectivity index (χ2n) is 5.81. The van der Waals surface area contributed by atoms with Crippen molar-refractivity contribution in [3.63, 3.8) is 0 Å². The Morgan fingerprint density at radius 2 is 1.92 bits per heavy atom. The zero-order valence-electron chi connectivity index (χ0n) is 14.0. The predicted octanol–water partition coefficient (Wildman–Crippen LogP) is 1.76. The van der Waals surface area contributed by atoms with Gasteiger partial charge in [-0.25, -0.2) is 14.4 Å². The van der Waals surface area contributed by atoms with Gasteiger partial charge >= 0.3 is 0 Å². The highest BCUT2D eigenvalue weighted by Gasteiger charge is 2.17. The third kappa shape index (κ3) is 4.73. The summed E-state index contributed by atoms with van der Waals surface area (Å²) in [6.45, 7) is 0.336. The molecule has 0 aliphatic rings. The van der Waals surface area contributed by atoms with Crippen LogP contribution in [0.2, 0.25) is 0 Å². The molecule has 2 rings (SSSR count). The van der Waals surface area contributed by atoms with Gasteiger partial charge in [0.1, 0.15) is 5.82 Å². The molecule has 0 aliphatic heterocycles. The molecule has 1 unspecified atom stereocenters. The molecule has 1 N–H and O–H groups in total. The Balaban J connectivity index is 1.94. The maximum atomic E-state index is 13.2. The summed E-state index contributed by atoms with van der Waals surface area (Å²) in [4.78, 5) is 23.9. The van der Waals surface area contributed by atoms with Gasteiger partial charge in [0, 0.05) is 45.6 Å². The molecule has 1 amide bonds. The van der Waals surface area contributed by atoms with Crippen LogP contribution in [0.4, 0.5) is 10.3 Å². The van der Waals surface area contributed by atoms with E-state index in [1.54, 1.807) is 30.4 Å². The fourth-order valence-electron chi connectivity index (χ4n) is 2.18. The van der Waals surface area contributed by atoms with Crippen molar-refractivity contribution < 1.29 is 14.3 Å². The highest BCUT2D eigenvalue weighted by molar-refractivity contribution is 5.76. The van der Waals surface area contributed by atoms with Crippen LogP contribution in [0, 0.1) is 5.82 Å². The molecule has 2 aromatic rings. The number of hydrogen-bond acceptors (Lipinski definition) is 5. The number of carbonyl (C=O) groups is 1. The van der Waals surface area contributed by atoms with Gasteiger partial charge in [-0.2, -0.15) is 0 Å². The van der Waals surface area contributed by atoms with E-state index < -0.39 is 11.9 Å². The van der Waals surface area contributed by atoms with Gasteiger partial charge in [0.05, 0.1) is 12.5 Å². The van der Waals surface area contributed by atoms with Crippen LogP contribution in [0.1, 0.15) is 23.7 Å². The zero-order valence-corrected chi connectivity index (χ0v) is 14.0. The highest BCUT2D eigenvalue weighted by atomic mass is 19.1. The molecule has 0 saturated heterocycles. The van der Waals surface area contributed by atoms with E-state index in [4.69, 9.17) is 0 Å². The summed E-state index contributed by atoms with van der Waals surface area (Å²) in [5.41, 5.74) is 1.17. The Kier molecular flexibility index (Phi) is 5.81. The van der Waals surface area contributed by atoms with Gasteiger partial charge in [0.2, 0.25) is 11.9 Å². The molecule has 0 radical (unpaired) electrons. The average Bonchev–Trinajstić information content (AvgIpc) is 2.55. The van der Waals surface area contributed by atoms with Crippen molar-refractivity contribution in [3.8, 4) is 0 Å². The Morgan fingerprint density at radius 3 is 2.50 bits per heavy atom. The van der Waals surface area contributed by atoms with Crippen LogP contribution in [-0.2, 0) is 11.3 Å². The number of aromatic nitrogens is 2. The van der Waals surface area contributed by atoms with Crippen LogP contribution in [0.25, 0.3) is 0 Å². The first-order valence-electron chi connectivity index (χ1n) is 7.52. The predicted molar refractivity (Wildman–Crippen MR) is 88.8 cm³/mol. The Hall–Kier alpha value is -2.54. The van der Waals surface area contributed by atoms with Crippen LogP contribution in [0.15, 0.2) is 36.7 Å². The second kappa shape index (κ2) is 7.83. The lowest BCUT2D eigenvalue weighted by molar-refractivity contribution is -0.132. The van der Waals surface area contributed by atoms with Gasteiger partial charge in [-0.1, -0.05) is 12.1 Å². The lowest BCUT2D eigenvalue weighted by atomic mass is 10.1. The monoisotopic (exact) mass is 332 g/mol. The maximum Gasteiger partial charge on any atom is 0.225 e. The van der Waals surface area contributed by atoms with Crippen LogP contribution < -0.4 is 4.90 Å². The number of aliphatic hydroxyl groups excluding tert-OH is 1. The number of carbonyl (C=O) groups excluding carboxylic acids is 1. The van der Waals surface area contributed by atoms with Crippen LogP contribution >= 0.6 is 0 Å². The molecule has 1 atom stereocenters. The van der Waals surface area contributed by atoms with E-state index >= 15 is 0 Å². The number of halogens is 1. The molecule has 1 aromatic carbocycles. The molecule has 1 heterocycles. The molecular formula is C17H21FN4O2. The molecule has 24 heavy (non-hydrogen) atoms. The quantitative estimate of drug-likeness (QED) is 0.873. The molecule has 6 nitrogen and oxygen atoms in total. The highest BCUT2D eigenvalue weighted by Crippen LogP contribution is 2.18. The molecule has 128 valence electrons. The molecule has 0 aliphatic carbocycles. The van der Waals surface area contributed by atoms with Gasteiger partial charge in [-0.15, -0.1) is 0 Å². The van der Waals surface area contributed by atoms with E-state index in [1.165, 1.54) is 23.1 Å². The van der Waals surface area contributed by atoms with Crippen molar-refractivity contribution in [2.45, 2.75) is 19.1 Å². The SMILES string of the molecule is CN(Cc1cnc(N(C)C)nc1)C(=O)CC(O)c1cccc(F)c1. The minimum atomic E-state index is -1.04. The smallest absolute Gasteiger partial charge is 0.225 e. The maximum absolute atomic E-state index is 13.2. The van der Waals surface area contributed by atoms with Crippen LogP contribution in [0.3, 0.4) is 0 Å².